The lowest BCUT2D eigenvalue weighted by atomic mass is 9.80. The number of aromatic nitrogens is 3. The Bertz CT molecular complexity index is 1230. The molecular formula is C24H26F4N4O2S2. The van der Waals surface area contributed by atoms with E-state index in [1.165, 1.54) is 30.4 Å². The van der Waals surface area contributed by atoms with Gasteiger partial charge in [-0.15, -0.1) is 11.8 Å². The Kier molecular flexibility index (Phi) is 8.63. The highest BCUT2D eigenvalue weighted by Crippen LogP contribution is 2.48. The number of thioether (sulfide) groups is 1. The van der Waals surface area contributed by atoms with E-state index in [1.807, 2.05) is 24.1 Å². The number of piperidine rings is 1. The minimum atomic E-state index is -4.21. The van der Waals surface area contributed by atoms with Gasteiger partial charge < -0.3 is 4.90 Å². The van der Waals surface area contributed by atoms with Crippen molar-refractivity contribution in [2.24, 2.45) is 5.41 Å². The van der Waals surface area contributed by atoms with Crippen LogP contribution >= 0.6 is 23.1 Å². The zero-order valence-corrected chi connectivity index (χ0v) is 21.9. The van der Waals surface area contributed by atoms with E-state index in [0.717, 1.165) is 26.8 Å². The van der Waals surface area contributed by atoms with Gasteiger partial charge in [0.05, 0.1) is 11.1 Å². The monoisotopic (exact) mass is 542 g/mol. The van der Waals surface area contributed by atoms with Crippen LogP contribution in [0.15, 0.2) is 34.7 Å². The van der Waals surface area contributed by atoms with Crippen LogP contribution in [0.3, 0.4) is 0 Å². The van der Waals surface area contributed by atoms with Gasteiger partial charge in [-0.25, -0.2) is 9.07 Å². The molecule has 0 amide bonds. The number of rotatable bonds is 5. The summed E-state index contributed by atoms with van der Waals surface area (Å²) in [6.07, 6.45) is -2.05. The maximum absolute atomic E-state index is 13.7. The van der Waals surface area contributed by atoms with E-state index < -0.39 is 11.6 Å². The lowest BCUT2D eigenvalue weighted by Gasteiger charge is -2.40. The third kappa shape index (κ3) is 6.16. The second-order valence-corrected chi connectivity index (χ2v) is 11.8. The third-order valence-corrected chi connectivity index (χ3v) is 8.23. The number of anilines is 1. The summed E-state index contributed by atoms with van der Waals surface area (Å²) in [6, 6.07) is 6.35. The van der Waals surface area contributed by atoms with E-state index in [-0.39, 0.29) is 24.8 Å². The van der Waals surface area contributed by atoms with Gasteiger partial charge in [0, 0.05) is 30.1 Å². The minimum absolute atomic E-state index is 0.0414. The molecule has 36 heavy (non-hydrogen) atoms. The Morgan fingerprint density at radius 1 is 1.19 bits per heavy atom. The van der Waals surface area contributed by atoms with Crippen molar-refractivity contribution in [1.29, 1.82) is 0 Å². The second kappa shape index (κ2) is 11.1. The minimum Gasteiger partial charge on any atom is -0.355 e. The van der Waals surface area contributed by atoms with Crippen LogP contribution in [-0.2, 0) is 9.59 Å². The van der Waals surface area contributed by atoms with Crippen molar-refractivity contribution in [3.8, 4) is 16.3 Å². The number of alkyl halides is 3. The van der Waals surface area contributed by atoms with Crippen molar-refractivity contribution >= 4 is 35.1 Å². The molecule has 1 saturated heterocycles. The molecule has 0 radical (unpaired) electrons. The normalized spacial score (nSPS) is 15.4. The predicted molar refractivity (Wildman–Crippen MR) is 131 cm³/mol. The van der Waals surface area contributed by atoms with Crippen LogP contribution < -0.4 is 4.90 Å². The van der Waals surface area contributed by atoms with Gasteiger partial charge in [0.25, 0.3) is 0 Å². The molecule has 4 rings (SSSR count). The molecule has 0 unspecified atom stereocenters. The average Bonchev–Trinajstić information content (AvgIpc) is 3.37. The average molecular weight is 543 g/mol. The highest BCUT2D eigenvalue weighted by Gasteiger charge is 2.52. The molecule has 6 nitrogen and oxygen atoms in total. The van der Waals surface area contributed by atoms with E-state index in [0.29, 0.717) is 23.5 Å². The molecule has 0 aliphatic carbocycles. The van der Waals surface area contributed by atoms with Crippen molar-refractivity contribution in [1.82, 2.24) is 14.8 Å². The summed E-state index contributed by atoms with van der Waals surface area (Å²) < 4.78 is 56.8. The first kappa shape index (κ1) is 27.9. The largest absolute Gasteiger partial charge is 0.394 e. The standard InChI is InChI=1S/C23H26F4N4S2.CO2/c1-14(2)32-20-19(30-10-8-22(4,9-11-30)23(25,26)27)28-21(33-20)31-13-18(15(3)29-31)16-6-5-7-17(24)12-16;2-1-3/h5-7,12-14H,8-11H2,1-4H3;. The fourth-order valence-corrected chi connectivity index (χ4v) is 6.32. The number of hydrogen-bond acceptors (Lipinski definition) is 7. The quantitative estimate of drug-likeness (QED) is 0.270. The number of nitrogens with zero attached hydrogens (tertiary/aromatic N) is 4. The van der Waals surface area contributed by atoms with E-state index in [1.54, 1.807) is 22.5 Å². The first-order valence-corrected chi connectivity index (χ1v) is 12.9. The smallest absolute Gasteiger partial charge is 0.355 e. The van der Waals surface area contributed by atoms with Gasteiger partial charge in [0.2, 0.25) is 5.13 Å². The van der Waals surface area contributed by atoms with Gasteiger partial charge in [-0.1, -0.05) is 44.2 Å². The molecule has 3 heterocycles. The molecule has 0 atom stereocenters. The van der Waals surface area contributed by atoms with Crippen LogP contribution in [0.4, 0.5) is 23.4 Å². The highest BCUT2D eigenvalue weighted by molar-refractivity contribution is 8.01. The van der Waals surface area contributed by atoms with Crippen molar-refractivity contribution in [3.05, 3.63) is 42.0 Å². The number of carbonyl (C=O) groups excluding carboxylic acids is 2. The molecule has 2 aromatic heterocycles. The lowest BCUT2D eigenvalue weighted by Crippen LogP contribution is -2.46. The Morgan fingerprint density at radius 3 is 2.39 bits per heavy atom. The molecule has 194 valence electrons. The van der Waals surface area contributed by atoms with Crippen LogP contribution in [0.5, 0.6) is 0 Å². The molecule has 12 heteroatoms. The zero-order chi connectivity index (χ0) is 26.7. The molecular weight excluding hydrogens is 516 g/mol. The SMILES string of the molecule is Cc1nn(-c2nc(N3CCC(C)(C(F)(F)F)CC3)c(SC(C)C)s2)cc1-c1cccc(F)c1.O=C=O. The van der Waals surface area contributed by atoms with Crippen molar-refractivity contribution in [3.63, 3.8) is 0 Å². The summed E-state index contributed by atoms with van der Waals surface area (Å²) in [5.74, 6) is 0.404. The second-order valence-electron chi connectivity index (χ2n) is 8.99. The maximum atomic E-state index is 13.7. The van der Waals surface area contributed by atoms with E-state index in [2.05, 4.69) is 18.9 Å². The first-order valence-electron chi connectivity index (χ1n) is 11.2. The number of thiazole rings is 1. The van der Waals surface area contributed by atoms with E-state index in [4.69, 9.17) is 14.6 Å². The number of halogens is 4. The Hall–Kier alpha value is -2.69. The van der Waals surface area contributed by atoms with Crippen molar-refractivity contribution in [2.45, 2.75) is 56.2 Å². The molecule has 0 bridgehead atoms. The van der Waals surface area contributed by atoms with E-state index in [9.17, 15) is 17.6 Å². The summed E-state index contributed by atoms with van der Waals surface area (Å²) in [5.41, 5.74) is 0.625. The van der Waals surface area contributed by atoms with Crippen molar-refractivity contribution < 1.29 is 27.2 Å². The van der Waals surface area contributed by atoms with Crippen LogP contribution in [0.2, 0.25) is 0 Å². The summed E-state index contributed by atoms with van der Waals surface area (Å²) in [6.45, 7) is 7.92. The summed E-state index contributed by atoms with van der Waals surface area (Å²) in [7, 11) is 0. The zero-order valence-electron chi connectivity index (χ0n) is 20.2. The lowest BCUT2D eigenvalue weighted by molar-refractivity contribution is -0.224. The summed E-state index contributed by atoms with van der Waals surface area (Å²) in [5, 5.41) is 5.52. The predicted octanol–water partition coefficient (Wildman–Crippen LogP) is 6.53. The van der Waals surface area contributed by atoms with Gasteiger partial charge in [-0.2, -0.15) is 32.8 Å². The van der Waals surface area contributed by atoms with Gasteiger partial charge in [0.1, 0.15) is 10.0 Å². The fourth-order valence-electron chi connectivity index (χ4n) is 3.87. The Balaban J connectivity index is 0.00000115. The van der Waals surface area contributed by atoms with Gasteiger partial charge in [-0.3, -0.25) is 0 Å². The van der Waals surface area contributed by atoms with E-state index >= 15 is 0 Å². The molecule has 0 spiro atoms. The first-order chi connectivity index (χ1) is 16.9. The molecule has 0 saturated carbocycles. The van der Waals surface area contributed by atoms with Crippen LogP contribution in [-0.4, -0.2) is 45.4 Å². The molecule has 1 aliphatic rings. The topological polar surface area (TPSA) is 68.1 Å². The third-order valence-electron chi connectivity index (χ3n) is 5.99. The molecule has 0 N–H and O–H groups in total. The van der Waals surface area contributed by atoms with Crippen molar-refractivity contribution in [2.75, 3.05) is 18.0 Å². The number of aryl methyl sites for hydroxylation is 1. The highest BCUT2D eigenvalue weighted by atomic mass is 32.2. The van der Waals surface area contributed by atoms with Crippen LogP contribution in [0.1, 0.15) is 39.3 Å². The molecule has 1 aliphatic heterocycles. The fraction of sp³-hybridized carbons (Fsp3) is 0.458. The van der Waals surface area contributed by atoms with Crippen LogP contribution in [0, 0.1) is 18.2 Å². The number of hydrogen-bond donors (Lipinski definition) is 0. The molecule has 1 aromatic carbocycles. The van der Waals surface area contributed by atoms with Crippen LogP contribution in [0.25, 0.3) is 16.3 Å². The summed E-state index contributed by atoms with van der Waals surface area (Å²) >= 11 is 3.13. The summed E-state index contributed by atoms with van der Waals surface area (Å²) in [4.78, 5) is 23.0. The van der Waals surface area contributed by atoms with Gasteiger partial charge in [-0.05, 0) is 37.5 Å². The molecule has 1 fully saturated rings. The molecule has 3 aromatic rings. The Morgan fingerprint density at radius 2 is 1.83 bits per heavy atom. The van der Waals surface area contributed by atoms with Gasteiger partial charge in [0.15, 0.2) is 5.82 Å². The Labute approximate surface area is 214 Å². The maximum Gasteiger partial charge on any atom is 0.394 e. The number of benzene rings is 1. The van der Waals surface area contributed by atoms with Gasteiger partial charge >= 0.3 is 12.3 Å².